The van der Waals surface area contributed by atoms with Crippen molar-refractivity contribution in [2.24, 2.45) is 0 Å². The zero-order valence-electron chi connectivity index (χ0n) is 31.3. The quantitative estimate of drug-likeness (QED) is 0.165. The van der Waals surface area contributed by atoms with Crippen LogP contribution in [-0.2, 0) is 0 Å². The maximum Gasteiger partial charge on any atom is 0.238 e. The van der Waals surface area contributed by atoms with Crippen LogP contribution in [0.15, 0.2) is 200 Å². The van der Waals surface area contributed by atoms with E-state index in [9.17, 15) is 0 Å². The number of hydrogen-bond donors (Lipinski definition) is 0. The zero-order chi connectivity index (χ0) is 38.2. The number of hydrogen-bond acceptors (Lipinski definition) is 3. The molecule has 4 heterocycles. The molecule has 0 bridgehead atoms. The Morgan fingerprint density at radius 1 is 0.293 bits per heavy atom. The van der Waals surface area contributed by atoms with Gasteiger partial charge in [0.1, 0.15) is 0 Å². The molecule has 58 heavy (non-hydrogen) atoms. The second-order valence-electron chi connectivity index (χ2n) is 14.8. The van der Waals surface area contributed by atoms with Crippen LogP contribution in [0, 0.1) is 0 Å². The topological polar surface area (TPSA) is 48.0 Å². The summed E-state index contributed by atoms with van der Waals surface area (Å²) in [6.45, 7) is 0. The summed E-state index contributed by atoms with van der Waals surface area (Å²) in [5, 5.41) is 7.11. The first kappa shape index (κ1) is 32.4. The van der Waals surface area contributed by atoms with Gasteiger partial charge in [-0.1, -0.05) is 182 Å². The van der Waals surface area contributed by atoms with Gasteiger partial charge in [-0.2, -0.15) is 9.97 Å². The molecule has 5 nitrogen and oxygen atoms in total. The second kappa shape index (κ2) is 12.8. The average Bonchev–Trinajstić information content (AvgIpc) is 3.87. The van der Waals surface area contributed by atoms with Crippen molar-refractivity contribution in [2.75, 3.05) is 0 Å². The molecule has 0 N–H and O–H groups in total. The molecule has 0 aliphatic rings. The molecule has 0 aliphatic heterocycles. The van der Waals surface area contributed by atoms with Crippen molar-refractivity contribution in [3.63, 3.8) is 0 Å². The van der Waals surface area contributed by atoms with Crippen LogP contribution in [0.5, 0.6) is 0 Å². The zero-order valence-corrected chi connectivity index (χ0v) is 31.3. The van der Waals surface area contributed by atoms with Gasteiger partial charge < -0.3 is 4.40 Å². The van der Waals surface area contributed by atoms with Gasteiger partial charge in [0.25, 0.3) is 0 Å². The Kier molecular flexibility index (Phi) is 7.16. The molecular formula is C53H33N5. The largest absolute Gasteiger partial charge is 0.307 e. The van der Waals surface area contributed by atoms with Crippen LogP contribution >= 0.6 is 0 Å². The van der Waals surface area contributed by atoms with Gasteiger partial charge in [-0.3, -0.25) is 4.57 Å². The molecule has 0 unspecified atom stereocenters. The van der Waals surface area contributed by atoms with E-state index in [0.29, 0.717) is 17.6 Å². The van der Waals surface area contributed by atoms with E-state index in [4.69, 9.17) is 15.0 Å². The third-order valence-electron chi connectivity index (χ3n) is 11.6. The van der Waals surface area contributed by atoms with E-state index in [1.807, 2.05) is 12.1 Å². The number of benzene rings is 8. The highest BCUT2D eigenvalue weighted by Crippen LogP contribution is 2.41. The summed E-state index contributed by atoms with van der Waals surface area (Å²) in [5.74, 6) is 1.79. The number of para-hydroxylation sites is 2. The van der Waals surface area contributed by atoms with Crippen LogP contribution in [0.1, 0.15) is 0 Å². The van der Waals surface area contributed by atoms with Gasteiger partial charge in [0.15, 0.2) is 11.6 Å². The number of rotatable bonds is 5. The molecule has 4 aromatic heterocycles. The van der Waals surface area contributed by atoms with E-state index in [2.05, 4.69) is 197 Å². The fourth-order valence-electron chi connectivity index (χ4n) is 8.84. The van der Waals surface area contributed by atoms with Gasteiger partial charge in [0, 0.05) is 38.1 Å². The summed E-state index contributed by atoms with van der Waals surface area (Å²) in [6, 6.07) is 70.9. The van der Waals surface area contributed by atoms with Gasteiger partial charge >= 0.3 is 0 Å². The summed E-state index contributed by atoms with van der Waals surface area (Å²) >= 11 is 0. The lowest BCUT2D eigenvalue weighted by Crippen LogP contribution is -2.07. The highest BCUT2D eigenvalue weighted by Gasteiger charge is 2.22. The van der Waals surface area contributed by atoms with Gasteiger partial charge in [-0.25, -0.2) is 4.98 Å². The fourth-order valence-corrected chi connectivity index (χ4v) is 8.84. The molecule has 12 aromatic rings. The average molecular weight is 740 g/mol. The SMILES string of the molecule is c1ccc(-c2ccc(-c3nc(-c4ccc(-c5ccccc5)cc4)nc(-n4c5ccccc5c5ccc6cc7c8ccccc8c8ccccc8n7c6c54)n3)cc2)cc1. The van der Waals surface area contributed by atoms with Crippen molar-refractivity contribution >= 4 is 59.9 Å². The third kappa shape index (κ3) is 5.00. The van der Waals surface area contributed by atoms with Crippen molar-refractivity contribution in [1.29, 1.82) is 0 Å². The van der Waals surface area contributed by atoms with E-state index in [1.165, 1.54) is 32.8 Å². The molecular weight excluding hydrogens is 707 g/mol. The Hall–Kier alpha value is -7.89. The van der Waals surface area contributed by atoms with Crippen molar-refractivity contribution in [3.8, 4) is 51.0 Å². The first-order valence-electron chi connectivity index (χ1n) is 19.6. The van der Waals surface area contributed by atoms with E-state index in [0.717, 1.165) is 60.5 Å². The lowest BCUT2D eigenvalue weighted by Gasteiger charge is -2.13. The van der Waals surface area contributed by atoms with Gasteiger partial charge in [-0.15, -0.1) is 0 Å². The minimum absolute atomic E-state index is 0.568. The first-order valence-corrected chi connectivity index (χ1v) is 19.6. The molecule has 0 spiro atoms. The normalized spacial score (nSPS) is 11.8. The van der Waals surface area contributed by atoms with Crippen LogP contribution in [0.3, 0.4) is 0 Å². The lowest BCUT2D eigenvalue weighted by molar-refractivity contribution is 0.954. The molecule has 0 amide bonds. The monoisotopic (exact) mass is 739 g/mol. The van der Waals surface area contributed by atoms with Gasteiger partial charge in [0.2, 0.25) is 5.95 Å². The van der Waals surface area contributed by atoms with Crippen molar-refractivity contribution < 1.29 is 0 Å². The maximum absolute atomic E-state index is 5.35. The van der Waals surface area contributed by atoms with Crippen LogP contribution < -0.4 is 0 Å². The maximum atomic E-state index is 5.35. The summed E-state index contributed by atoms with van der Waals surface area (Å²) in [6.07, 6.45) is 0. The third-order valence-corrected chi connectivity index (χ3v) is 11.6. The minimum Gasteiger partial charge on any atom is -0.307 e. The molecule has 270 valence electrons. The summed E-state index contributed by atoms with van der Waals surface area (Å²) in [4.78, 5) is 15.9. The van der Waals surface area contributed by atoms with Crippen molar-refractivity contribution in [3.05, 3.63) is 200 Å². The van der Waals surface area contributed by atoms with Crippen LogP contribution in [0.2, 0.25) is 0 Å². The molecule has 0 saturated heterocycles. The molecule has 5 heteroatoms. The Labute approximate surface area is 333 Å². The Morgan fingerprint density at radius 3 is 1.33 bits per heavy atom. The van der Waals surface area contributed by atoms with Crippen LogP contribution in [0.25, 0.3) is 111 Å². The molecule has 0 saturated carbocycles. The fraction of sp³-hybridized carbons (Fsp3) is 0. The van der Waals surface area contributed by atoms with Gasteiger partial charge in [-0.05, 0) is 45.8 Å². The minimum atomic E-state index is 0.568. The molecule has 12 rings (SSSR count). The standard InChI is InChI=1S/C53H33N5/c1-3-13-34(14-4-1)36-23-27-38(28-24-36)51-54-52(39-29-25-37(26-30-39)35-15-5-2-6-16-35)56-53(55-51)58-47-22-12-10-20-44(47)45-32-31-40-33-48-43-19-8-7-17-41(43)42-18-9-11-21-46(42)57(48)49(40)50(45)58/h1-33H. The van der Waals surface area contributed by atoms with Gasteiger partial charge in [0.05, 0.1) is 27.6 Å². The molecule has 0 aliphatic carbocycles. The number of nitrogens with zero attached hydrogens (tertiary/aromatic N) is 5. The number of fused-ring (bicyclic) bond motifs is 12. The summed E-state index contributed by atoms with van der Waals surface area (Å²) in [7, 11) is 0. The van der Waals surface area contributed by atoms with Crippen molar-refractivity contribution in [2.45, 2.75) is 0 Å². The van der Waals surface area contributed by atoms with Crippen molar-refractivity contribution in [1.82, 2.24) is 23.9 Å². The Bertz CT molecular complexity index is 3430. The van der Waals surface area contributed by atoms with Crippen LogP contribution in [0.4, 0.5) is 0 Å². The highest BCUT2D eigenvalue weighted by molar-refractivity contribution is 6.22. The Morgan fingerprint density at radius 2 is 0.741 bits per heavy atom. The Balaban J connectivity index is 1.16. The second-order valence-corrected chi connectivity index (χ2v) is 14.8. The molecule has 8 aromatic carbocycles. The first-order chi connectivity index (χ1) is 28.8. The van der Waals surface area contributed by atoms with E-state index < -0.39 is 0 Å². The van der Waals surface area contributed by atoms with Crippen LogP contribution in [-0.4, -0.2) is 23.9 Å². The smallest absolute Gasteiger partial charge is 0.238 e. The van der Waals surface area contributed by atoms with E-state index in [-0.39, 0.29) is 0 Å². The number of aromatic nitrogens is 5. The molecule has 0 radical (unpaired) electrons. The molecule has 0 atom stereocenters. The van der Waals surface area contributed by atoms with E-state index in [1.54, 1.807) is 0 Å². The predicted octanol–water partition coefficient (Wildman–Crippen LogP) is 13.3. The highest BCUT2D eigenvalue weighted by atomic mass is 15.2. The summed E-state index contributed by atoms with van der Waals surface area (Å²) < 4.78 is 4.70. The lowest BCUT2D eigenvalue weighted by atomic mass is 10.0. The predicted molar refractivity (Wildman–Crippen MR) is 239 cm³/mol. The summed E-state index contributed by atoms with van der Waals surface area (Å²) in [5.41, 5.74) is 12.0. The molecule has 0 fully saturated rings. The number of pyridine rings is 1. The van der Waals surface area contributed by atoms with E-state index >= 15 is 0 Å².